The SMILES string of the molecule is CO[C@@H]1CN[C@@H](c2nc(C(C)S(C)(=O)=O)no2)C1. The van der Waals surface area contributed by atoms with Crippen molar-refractivity contribution < 1.29 is 17.7 Å². The lowest BCUT2D eigenvalue weighted by molar-refractivity contribution is 0.116. The van der Waals surface area contributed by atoms with Gasteiger partial charge >= 0.3 is 0 Å². The first kappa shape index (κ1) is 13.4. The summed E-state index contributed by atoms with van der Waals surface area (Å²) in [6.45, 7) is 2.27. The topological polar surface area (TPSA) is 94.3 Å². The van der Waals surface area contributed by atoms with Crippen LogP contribution in [0, 0.1) is 0 Å². The molecule has 1 aliphatic rings. The average molecular weight is 275 g/mol. The van der Waals surface area contributed by atoms with E-state index in [2.05, 4.69) is 15.5 Å². The van der Waals surface area contributed by atoms with Crippen LogP contribution in [0.5, 0.6) is 0 Å². The van der Waals surface area contributed by atoms with Crippen LogP contribution in [-0.2, 0) is 14.6 Å². The number of methoxy groups -OCH3 is 1. The Bertz CT molecular complexity index is 513. The van der Waals surface area contributed by atoms with Crippen LogP contribution in [0.1, 0.15) is 36.4 Å². The predicted octanol–water partition coefficient (Wildman–Crippen LogP) is 0.225. The second-order valence-corrected chi connectivity index (χ2v) is 6.88. The number of hydrogen-bond donors (Lipinski definition) is 1. The lowest BCUT2D eigenvalue weighted by atomic mass is 10.2. The second kappa shape index (κ2) is 4.94. The number of sulfone groups is 1. The quantitative estimate of drug-likeness (QED) is 0.840. The van der Waals surface area contributed by atoms with Crippen LogP contribution in [0.3, 0.4) is 0 Å². The van der Waals surface area contributed by atoms with Crippen LogP contribution in [0.15, 0.2) is 4.52 Å². The highest BCUT2D eigenvalue weighted by atomic mass is 32.2. The zero-order valence-corrected chi connectivity index (χ0v) is 11.4. The van der Waals surface area contributed by atoms with Gasteiger partial charge in [-0.05, 0) is 13.3 Å². The molecule has 1 aromatic rings. The van der Waals surface area contributed by atoms with E-state index in [0.29, 0.717) is 5.89 Å². The van der Waals surface area contributed by atoms with Gasteiger partial charge in [-0.3, -0.25) is 0 Å². The molecule has 0 saturated carbocycles. The Morgan fingerprint density at radius 1 is 1.56 bits per heavy atom. The third kappa shape index (κ3) is 2.70. The van der Waals surface area contributed by atoms with Gasteiger partial charge in [0.25, 0.3) is 0 Å². The van der Waals surface area contributed by atoms with E-state index >= 15 is 0 Å². The van der Waals surface area contributed by atoms with Gasteiger partial charge in [-0.1, -0.05) is 5.16 Å². The number of hydrogen-bond acceptors (Lipinski definition) is 7. The van der Waals surface area contributed by atoms with Gasteiger partial charge in [-0.25, -0.2) is 8.42 Å². The number of ether oxygens (including phenoxy) is 1. The van der Waals surface area contributed by atoms with Crippen LogP contribution in [-0.4, -0.2) is 44.6 Å². The van der Waals surface area contributed by atoms with Crippen molar-refractivity contribution in [3.63, 3.8) is 0 Å². The van der Waals surface area contributed by atoms with Crippen LogP contribution in [0.4, 0.5) is 0 Å². The first-order valence-electron chi connectivity index (χ1n) is 5.70. The largest absolute Gasteiger partial charge is 0.380 e. The van der Waals surface area contributed by atoms with E-state index in [-0.39, 0.29) is 18.0 Å². The third-order valence-electron chi connectivity index (χ3n) is 3.19. The fourth-order valence-electron chi connectivity index (χ4n) is 1.82. The summed E-state index contributed by atoms with van der Waals surface area (Å²) in [5.41, 5.74) is 0. The van der Waals surface area contributed by atoms with E-state index in [1.165, 1.54) is 0 Å². The molecule has 0 aromatic carbocycles. The van der Waals surface area contributed by atoms with E-state index in [9.17, 15) is 8.42 Å². The number of aromatic nitrogens is 2. The Balaban J connectivity index is 2.12. The van der Waals surface area contributed by atoms with Crippen LogP contribution in [0.2, 0.25) is 0 Å². The summed E-state index contributed by atoms with van der Waals surface area (Å²) in [6.07, 6.45) is 2.02. The molecule has 0 radical (unpaired) electrons. The minimum Gasteiger partial charge on any atom is -0.380 e. The van der Waals surface area contributed by atoms with Gasteiger partial charge in [-0.15, -0.1) is 0 Å². The molecule has 1 saturated heterocycles. The molecule has 0 spiro atoms. The van der Waals surface area contributed by atoms with Gasteiger partial charge in [0, 0.05) is 19.9 Å². The summed E-state index contributed by atoms with van der Waals surface area (Å²) < 4.78 is 33.1. The summed E-state index contributed by atoms with van der Waals surface area (Å²) in [5.74, 6) is 0.621. The Morgan fingerprint density at radius 2 is 2.28 bits per heavy atom. The molecular weight excluding hydrogens is 258 g/mol. The Hall–Kier alpha value is -0.990. The standard InChI is InChI=1S/C10H17N3O4S/c1-6(18(3,14)15)9-12-10(17-13-9)8-4-7(16-2)5-11-8/h6-8,11H,4-5H2,1-3H3/t6?,7-,8+/m0/s1. The summed E-state index contributed by atoms with van der Waals surface area (Å²) in [5, 5.41) is 6.17. The maximum absolute atomic E-state index is 11.4. The van der Waals surface area contributed by atoms with Crippen molar-refractivity contribution in [3.05, 3.63) is 11.7 Å². The molecule has 102 valence electrons. The first-order valence-corrected chi connectivity index (χ1v) is 7.65. The third-order valence-corrected chi connectivity index (χ3v) is 4.68. The molecule has 2 heterocycles. The fourth-order valence-corrected chi connectivity index (χ4v) is 2.30. The predicted molar refractivity (Wildman–Crippen MR) is 63.7 cm³/mol. The normalized spacial score (nSPS) is 26.4. The molecule has 3 atom stereocenters. The summed E-state index contributed by atoms with van der Waals surface area (Å²) >= 11 is 0. The minimum absolute atomic E-state index is 0.0667. The highest BCUT2D eigenvalue weighted by Gasteiger charge is 2.31. The van der Waals surface area contributed by atoms with E-state index in [4.69, 9.17) is 9.26 Å². The molecule has 0 amide bonds. The molecule has 7 nitrogen and oxygen atoms in total. The van der Waals surface area contributed by atoms with Crippen LogP contribution >= 0.6 is 0 Å². The molecule has 0 bridgehead atoms. The summed E-state index contributed by atoms with van der Waals surface area (Å²) in [6, 6.07) is -0.0667. The van der Waals surface area contributed by atoms with E-state index in [1.807, 2.05) is 0 Å². The van der Waals surface area contributed by atoms with Gasteiger partial charge in [0.1, 0.15) is 5.25 Å². The zero-order chi connectivity index (χ0) is 13.3. The Kier molecular flexibility index (Phi) is 3.69. The average Bonchev–Trinajstić information content (AvgIpc) is 2.95. The van der Waals surface area contributed by atoms with E-state index in [0.717, 1.165) is 19.2 Å². The molecule has 1 N–H and O–H groups in total. The highest BCUT2D eigenvalue weighted by molar-refractivity contribution is 7.90. The second-order valence-electron chi connectivity index (χ2n) is 4.52. The maximum atomic E-state index is 11.4. The number of nitrogens with zero attached hydrogens (tertiary/aromatic N) is 2. The molecule has 1 unspecified atom stereocenters. The van der Waals surface area contributed by atoms with Gasteiger partial charge < -0.3 is 14.6 Å². The smallest absolute Gasteiger partial charge is 0.243 e. The Labute approximate surface area is 106 Å². The number of nitrogens with one attached hydrogen (secondary N) is 1. The van der Waals surface area contributed by atoms with Crippen molar-refractivity contribution in [2.24, 2.45) is 0 Å². The van der Waals surface area contributed by atoms with Crippen LogP contribution < -0.4 is 5.32 Å². The highest BCUT2D eigenvalue weighted by Crippen LogP contribution is 2.25. The van der Waals surface area contributed by atoms with Crippen molar-refractivity contribution in [2.45, 2.75) is 30.7 Å². The van der Waals surface area contributed by atoms with E-state index < -0.39 is 15.1 Å². The van der Waals surface area contributed by atoms with Crippen molar-refractivity contribution in [3.8, 4) is 0 Å². The molecule has 1 aliphatic heterocycles. The lowest BCUT2D eigenvalue weighted by Crippen LogP contribution is -2.16. The summed E-state index contributed by atoms with van der Waals surface area (Å²) in [4.78, 5) is 4.15. The zero-order valence-electron chi connectivity index (χ0n) is 10.6. The van der Waals surface area contributed by atoms with Crippen molar-refractivity contribution in [2.75, 3.05) is 19.9 Å². The Morgan fingerprint density at radius 3 is 2.83 bits per heavy atom. The maximum Gasteiger partial charge on any atom is 0.243 e. The van der Waals surface area contributed by atoms with Crippen molar-refractivity contribution >= 4 is 9.84 Å². The molecule has 1 fully saturated rings. The van der Waals surface area contributed by atoms with Crippen molar-refractivity contribution in [1.82, 2.24) is 15.5 Å². The van der Waals surface area contributed by atoms with Gasteiger partial charge in [0.05, 0.1) is 12.1 Å². The molecular formula is C10H17N3O4S. The van der Waals surface area contributed by atoms with E-state index in [1.54, 1.807) is 14.0 Å². The minimum atomic E-state index is -3.21. The molecule has 18 heavy (non-hydrogen) atoms. The van der Waals surface area contributed by atoms with Crippen molar-refractivity contribution in [1.29, 1.82) is 0 Å². The monoisotopic (exact) mass is 275 g/mol. The van der Waals surface area contributed by atoms with Gasteiger partial charge in [0.2, 0.25) is 5.89 Å². The fraction of sp³-hybridized carbons (Fsp3) is 0.800. The van der Waals surface area contributed by atoms with Gasteiger partial charge in [0.15, 0.2) is 15.7 Å². The first-order chi connectivity index (χ1) is 8.41. The number of rotatable bonds is 4. The molecule has 2 rings (SSSR count). The van der Waals surface area contributed by atoms with Crippen LogP contribution in [0.25, 0.3) is 0 Å². The molecule has 8 heteroatoms. The molecule has 0 aliphatic carbocycles. The summed E-state index contributed by atoms with van der Waals surface area (Å²) in [7, 11) is -1.56. The van der Waals surface area contributed by atoms with Gasteiger partial charge in [-0.2, -0.15) is 4.98 Å². The molecule has 1 aromatic heterocycles. The lowest BCUT2D eigenvalue weighted by Gasteiger charge is -2.04.